The normalized spacial score (nSPS) is 13.0. The van der Waals surface area contributed by atoms with E-state index < -0.39 is 5.41 Å². The molecule has 0 radical (unpaired) electrons. The number of fused-ring (bicyclic) bond motifs is 12. The van der Waals surface area contributed by atoms with Crippen LogP contribution in [0.25, 0.3) is 77.2 Å². The van der Waals surface area contributed by atoms with Crippen LogP contribution in [0.5, 0.6) is 0 Å². The molecule has 0 saturated carbocycles. The minimum absolute atomic E-state index is 0.0697. The van der Waals surface area contributed by atoms with Crippen LogP contribution in [0, 0.1) is 0 Å². The Morgan fingerprint density at radius 2 is 0.838 bits per heavy atom. The van der Waals surface area contributed by atoms with E-state index in [1.165, 1.54) is 93.9 Å². The molecule has 0 unspecified atom stereocenters. The zero-order valence-corrected chi connectivity index (χ0v) is 38.5. The smallest absolute Gasteiger partial charge is 0.0725 e. The molecule has 322 valence electrons. The highest BCUT2D eigenvalue weighted by Gasteiger charge is 2.51. The number of rotatable bonds is 6. The predicted molar refractivity (Wildman–Crippen MR) is 287 cm³/mol. The molecular formula is C67H49N. The van der Waals surface area contributed by atoms with Crippen molar-refractivity contribution in [3.8, 4) is 55.6 Å². The molecule has 0 amide bonds. The van der Waals surface area contributed by atoms with Crippen LogP contribution < -0.4 is 4.90 Å². The van der Waals surface area contributed by atoms with Gasteiger partial charge in [-0.1, -0.05) is 233 Å². The Hall–Kier alpha value is -8.26. The summed E-state index contributed by atoms with van der Waals surface area (Å²) in [7, 11) is 0. The minimum Gasteiger partial charge on any atom is -0.309 e. The van der Waals surface area contributed by atoms with Gasteiger partial charge in [0.05, 0.1) is 16.8 Å². The highest BCUT2D eigenvalue weighted by molar-refractivity contribution is 6.12. The maximum atomic E-state index is 2.56. The molecule has 0 aliphatic heterocycles. The third-order valence-corrected chi connectivity index (χ3v) is 14.9. The summed E-state index contributed by atoms with van der Waals surface area (Å²) in [6.07, 6.45) is 0. The molecule has 0 fully saturated rings. The number of hydrogen-bond acceptors (Lipinski definition) is 1. The third kappa shape index (κ3) is 6.02. The second-order valence-electron chi connectivity index (χ2n) is 19.6. The van der Waals surface area contributed by atoms with E-state index >= 15 is 0 Å². The van der Waals surface area contributed by atoms with E-state index in [0.29, 0.717) is 0 Å². The van der Waals surface area contributed by atoms with E-state index in [2.05, 4.69) is 268 Å². The average molecular weight is 868 g/mol. The zero-order valence-electron chi connectivity index (χ0n) is 38.5. The summed E-state index contributed by atoms with van der Waals surface area (Å²) in [6, 6.07) is 90.9. The van der Waals surface area contributed by atoms with Gasteiger partial charge in [-0.05, 0) is 130 Å². The lowest BCUT2D eigenvalue weighted by Gasteiger charge is -2.33. The van der Waals surface area contributed by atoms with Crippen LogP contribution in [0.3, 0.4) is 0 Å². The lowest BCUT2D eigenvalue weighted by molar-refractivity contribution is 0.590. The lowest BCUT2D eigenvalue weighted by atomic mass is 9.70. The van der Waals surface area contributed by atoms with Gasteiger partial charge in [0.2, 0.25) is 0 Å². The first-order chi connectivity index (χ1) is 33.4. The Morgan fingerprint density at radius 3 is 1.51 bits per heavy atom. The van der Waals surface area contributed by atoms with Crippen LogP contribution in [0.15, 0.2) is 243 Å². The van der Waals surface area contributed by atoms with Crippen LogP contribution in [0.4, 0.5) is 17.1 Å². The second-order valence-corrected chi connectivity index (χ2v) is 19.6. The first-order valence-electron chi connectivity index (χ1n) is 23.9. The van der Waals surface area contributed by atoms with Gasteiger partial charge in [0.15, 0.2) is 0 Å². The molecule has 0 atom stereocenters. The average Bonchev–Trinajstić information content (AvgIpc) is 3.86. The van der Waals surface area contributed by atoms with Gasteiger partial charge in [-0.15, -0.1) is 0 Å². The highest BCUT2D eigenvalue weighted by Crippen LogP contribution is 2.63. The Bertz CT molecular complexity index is 3720. The van der Waals surface area contributed by atoms with E-state index in [1.807, 2.05) is 0 Å². The Labute approximate surface area is 399 Å². The molecule has 2 aliphatic carbocycles. The SMILES string of the molecule is CC(C)(C)c1ccc(-c2ccc(N(c3ccc4c(c3)-c3ccccc3C43c4ccccc4-c4ccccc43)c3ccc4ccccc4c3-c3cccc4ccccc34)c(-c3ccccc3)c2)cc1. The van der Waals surface area contributed by atoms with Gasteiger partial charge in [0.1, 0.15) is 0 Å². The summed E-state index contributed by atoms with van der Waals surface area (Å²) in [5.74, 6) is 0. The lowest BCUT2D eigenvalue weighted by Crippen LogP contribution is -2.25. The van der Waals surface area contributed by atoms with E-state index in [-0.39, 0.29) is 5.41 Å². The van der Waals surface area contributed by atoms with Crippen molar-refractivity contribution in [2.75, 3.05) is 4.90 Å². The van der Waals surface area contributed by atoms with Crippen molar-refractivity contribution in [1.29, 1.82) is 0 Å². The standard InChI is InChI=1S/C67H49N/c1-66(2,3)49-36-32-44(33-37-49)48-35-40-63(57(42-48)46-18-5-4-6-19-46)68(64-41-34-47-21-8-10-24-52(47)65(64)56-28-17-22-45-20-7-9-23-51(45)56)50-38-39-62-58(43-50)55-27-13-16-31-61(55)67(62)59-29-14-11-25-53(59)54-26-12-15-30-60(54)67/h4-43H,1-3H3. The molecule has 1 heteroatoms. The maximum absolute atomic E-state index is 2.56. The summed E-state index contributed by atoms with van der Waals surface area (Å²) in [4.78, 5) is 2.56. The summed E-state index contributed by atoms with van der Waals surface area (Å²) in [5.41, 5.74) is 22.0. The van der Waals surface area contributed by atoms with Gasteiger partial charge in [-0.25, -0.2) is 0 Å². The van der Waals surface area contributed by atoms with Crippen LogP contribution in [-0.2, 0) is 10.8 Å². The van der Waals surface area contributed by atoms with E-state index in [9.17, 15) is 0 Å². The highest BCUT2D eigenvalue weighted by atomic mass is 15.1. The number of benzene rings is 11. The van der Waals surface area contributed by atoms with Crippen molar-refractivity contribution >= 4 is 38.6 Å². The fourth-order valence-corrected chi connectivity index (χ4v) is 11.7. The van der Waals surface area contributed by atoms with Crippen molar-refractivity contribution in [3.63, 3.8) is 0 Å². The summed E-state index contributed by atoms with van der Waals surface area (Å²) >= 11 is 0. The quantitative estimate of drug-likeness (QED) is 0.161. The molecule has 0 N–H and O–H groups in total. The summed E-state index contributed by atoms with van der Waals surface area (Å²) < 4.78 is 0. The maximum Gasteiger partial charge on any atom is 0.0725 e. The fourth-order valence-electron chi connectivity index (χ4n) is 11.7. The van der Waals surface area contributed by atoms with Crippen LogP contribution in [0.1, 0.15) is 48.6 Å². The van der Waals surface area contributed by atoms with E-state index in [4.69, 9.17) is 0 Å². The molecule has 0 aromatic heterocycles. The Kier molecular flexibility index (Phi) is 9.07. The number of hydrogen-bond donors (Lipinski definition) is 0. The van der Waals surface area contributed by atoms with Gasteiger partial charge in [-0.2, -0.15) is 0 Å². The van der Waals surface area contributed by atoms with Crippen LogP contribution >= 0.6 is 0 Å². The first-order valence-corrected chi connectivity index (χ1v) is 23.9. The minimum atomic E-state index is -0.432. The Morgan fingerprint density at radius 1 is 0.324 bits per heavy atom. The first kappa shape index (κ1) is 40.1. The number of nitrogens with zero attached hydrogens (tertiary/aromatic N) is 1. The molecular weight excluding hydrogens is 819 g/mol. The zero-order chi connectivity index (χ0) is 45.6. The molecule has 11 aromatic rings. The molecule has 68 heavy (non-hydrogen) atoms. The predicted octanol–water partition coefficient (Wildman–Crippen LogP) is 18.1. The monoisotopic (exact) mass is 867 g/mol. The van der Waals surface area contributed by atoms with Crippen LogP contribution in [0.2, 0.25) is 0 Å². The van der Waals surface area contributed by atoms with E-state index in [0.717, 1.165) is 28.2 Å². The van der Waals surface area contributed by atoms with Gasteiger partial charge in [-0.3, -0.25) is 0 Å². The summed E-state index contributed by atoms with van der Waals surface area (Å²) in [6.45, 7) is 6.84. The molecule has 0 heterocycles. The third-order valence-electron chi connectivity index (χ3n) is 14.9. The molecule has 0 saturated heterocycles. The summed E-state index contributed by atoms with van der Waals surface area (Å²) in [5, 5.41) is 4.87. The second kappa shape index (κ2) is 15.4. The van der Waals surface area contributed by atoms with Gasteiger partial charge in [0.25, 0.3) is 0 Å². The molecule has 0 bridgehead atoms. The van der Waals surface area contributed by atoms with Crippen molar-refractivity contribution in [2.45, 2.75) is 31.6 Å². The van der Waals surface area contributed by atoms with Gasteiger partial charge < -0.3 is 4.90 Å². The van der Waals surface area contributed by atoms with Crippen molar-refractivity contribution < 1.29 is 0 Å². The van der Waals surface area contributed by atoms with E-state index in [1.54, 1.807) is 0 Å². The van der Waals surface area contributed by atoms with Gasteiger partial charge >= 0.3 is 0 Å². The van der Waals surface area contributed by atoms with Crippen molar-refractivity contribution in [3.05, 3.63) is 270 Å². The molecule has 13 rings (SSSR count). The topological polar surface area (TPSA) is 3.24 Å². The molecule has 2 aliphatic rings. The fraction of sp³-hybridized carbons (Fsp3) is 0.0746. The largest absolute Gasteiger partial charge is 0.309 e. The van der Waals surface area contributed by atoms with Gasteiger partial charge in [0, 0.05) is 16.8 Å². The van der Waals surface area contributed by atoms with Crippen molar-refractivity contribution in [2.24, 2.45) is 0 Å². The molecule has 1 spiro atoms. The van der Waals surface area contributed by atoms with Crippen molar-refractivity contribution in [1.82, 2.24) is 0 Å². The molecule has 1 nitrogen and oxygen atoms in total. The van der Waals surface area contributed by atoms with Crippen LogP contribution in [-0.4, -0.2) is 0 Å². The number of anilines is 3. The Balaban J connectivity index is 1.12. The molecule has 11 aromatic carbocycles.